The molecule has 1 aromatic carbocycles. The zero-order valence-electron chi connectivity index (χ0n) is 11.0. The average Bonchev–Trinajstić information content (AvgIpc) is 2.93. The van der Waals surface area contributed by atoms with Crippen molar-refractivity contribution in [2.24, 2.45) is 5.84 Å². The van der Waals surface area contributed by atoms with Gasteiger partial charge in [-0.25, -0.2) is 0 Å². The van der Waals surface area contributed by atoms with E-state index in [2.05, 4.69) is 28.6 Å². The van der Waals surface area contributed by atoms with Gasteiger partial charge in [-0.15, -0.1) is 0 Å². The smallest absolute Gasteiger partial charge is 0.0515 e. The molecule has 0 amide bonds. The number of aryl methyl sites for hydroxylation is 2. The van der Waals surface area contributed by atoms with Crippen molar-refractivity contribution in [3.8, 4) is 0 Å². The zero-order chi connectivity index (χ0) is 13.1. The van der Waals surface area contributed by atoms with E-state index in [1.807, 2.05) is 24.4 Å². The number of aromatic nitrogens is 1. The zero-order valence-corrected chi connectivity index (χ0v) is 11.0. The maximum atomic E-state index is 5.72. The van der Waals surface area contributed by atoms with E-state index in [9.17, 15) is 0 Å². The van der Waals surface area contributed by atoms with E-state index < -0.39 is 0 Å². The highest BCUT2D eigenvalue weighted by Crippen LogP contribution is 2.26. The lowest BCUT2D eigenvalue weighted by Gasteiger charge is -2.17. The fraction of sp³-hybridized carbons (Fsp3) is 0.312. The molecule has 1 atom stereocenters. The summed E-state index contributed by atoms with van der Waals surface area (Å²) < 4.78 is 0. The second-order valence-electron chi connectivity index (χ2n) is 5.13. The topological polar surface area (TPSA) is 50.9 Å². The Kier molecular flexibility index (Phi) is 3.58. The molecule has 98 valence electrons. The van der Waals surface area contributed by atoms with Gasteiger partial charge in [0, 0.05) is 18.3 Å². The van der Waals surface area contributed by atoms with E-state index in [0.717, 1.165) is 12.1 Å². The number of nitrogens with one attached hydrogen (secondary N) is 1. The number of fused-ring (bicyclic) bond motifs is 1. The first-order valence-corrected chi connectivity index (χ1v) is 6.84. The molecule has 0 fully saturated rings. The van der Waals surface area contributed by atoms with Gasteiger partial charge in [-0.05, 0) is 48.1 Å². The van der Waals surface area contributed by atoms with Crippen molar-refractivity contribution < 1.29 is 0 Å². The monoisotopic (exact) mass is 253 g/mol. The summed E-state index contributed by atoms with van der Waals surface area (Å²) in [5.74, 6) is 5.72. The molecular formula is C16H19N3. The van der Waals surface area contributed by atoms with Crippen LogP contribution in [0.15, 0.2) is 42.6 Å². The van der Waals surface area contributed by atoms with E-state index in [1.165, 1.54) is 36.0 Å². The van der Waals surface area contributed by atoms with Gasteiger partial charge in [0.25, 0.3) is 0 Å². The van der Waals surface area contributed by atoms with Gasteiger partial charge in [-0.3, -0.25) is 16.3 Å². The Balaban J connectivity index is 1.82. The molecule has 0 aliphatic heterocycles. The lowest BCUT2D eigenvalue weighted by Crippen LogP contribution is -2.29. The standard InChI is InChI=1S/C16H19N3/c17-19-16(11-15-6-1-2-9-18-15)14-8-7-12-4-3-5-13(12)10-14/h1-2,6-10,16,19H,3-5,11,17H2. The first-order valence-electron chi connectivity index (χ1n) is 6.84. The minimum Gasteiger partial charge on any atom is -0.271 e. The number of pyridine rings is 1. The van der Waals surface area contributed by atoms with Crippen LogP contribution in [-0.4, -0.2) is 4.98 Å². The molecule has 19 heavy (non-hydrogen) atoms. The van der Waals surface area contributed by atoms with Crippen LogP contribution in [0.4, 0.5) is 0 Å². The van der Waals surface area contributed by atoms with Crippen molar-refractivity contribution in [3.63, 3.8) is 0 Å². The summed E-state index contributed by atoms with van der Waals surface area (Å²) >= 11 is 0. The molecule has 0 spiro atoms. The first-order chi connectivity index (χ1) is 9.36. The van der Waals surface area contributed by atoms with Crippen molar-refractivity contribution in [1.82, 2.24) is 10.4 Å². The number of hydrogen-bond acceptors (Lipinski definition) is 3. The summed E-state index contributed by atoms with van der Waals surface area (Å²) in [6.07, 6.45) is 6.34. The lowest BCUT2D eigenvalue weighted by atomic mass is 9.98. The predicted molar refractivity (Wildman–Crippen MR) is 76.5 cm³/mol. The molecule has 0 radical (unpaired) electrons. The maximum absolute atomic E-state index is 5.72. The lowest BCUT2D eigenvalue weighted by molar-refractivity contribution is 0.545. The third-order valence-corrected chi connectivity index (χ3v) is 3.87. The van der Waals surface area contributed by atoms with Gasteiger partial charge >= 0.3 is 0 Å². The van der Waals surface area contributed by atoms with E-state index in [1.54, 1.807) is 0 Å². The molecule has 1 aliphatic rings. The van der Waals surface area contributed by atoms with E-state index in [-0.39, 0.29) is 6.04 Å². The fourth-order valence-corrected chi connectivity index (χ4v) is 2.81. The second kappa shape index (κ2) is 5.51. The van der Waals surface area contributed by atoms with Crippen molar-refractivity contribution in [3.05, 3.63) is 65.0 Å². The van der Waals surface area contributed by atoms with Gasteiger partial charge in [0.2, 0.25) is 0 Å². The molecule has 0 saturated heterocycles. The summed E-state index contributed by atoms with van der Waals surface area (Å²) in [5.41, 5.74) is 8.22. The minimum atomic E-state index is 0.126. The number of rotatable bonds is 4. The van der Waals surface area contributed by atoms with Gasteiger partial charge in [0.1, 0.15) is 0 Å². The molecule has 1 unspecified atom stereocenters. The molecule has 3 N–H and O–H groups in total. The van der Waals surface area contributed by atoms with Crippen LogP contribution >= 0.6 is 0 Å². The van der Waals surface area contributed by atoms with E-state index >= 15 is 0 Å². The number of benzene rings is 1. The summed E-state index contributed by atoms with van der Waals surface area (Å²) in [5, 5.41) is 0. The summed E-state index contributed by atoms with van der Waals surface area (Å²) in [7, 11) is 0. The van der Waals surface area contributed by atoms with Gasteiger partial charge in [-0.2, -0.15) is 0 Å². The van der Waals surface area contributed by atoms with Gasteiger partial charge in [0.15, 0.2) is 0 Å². The van der Waals surface area contributed by atoms with E-state index in [0.29, 0.717) is 0 Å². The third kappa shape index (κ3) is 2.67. The Bertz CT molecular complexity index is 551. The van der Waals surface area contributed by atoms with Crippen LogP contribution in [0.5, 0.6) is 0 Å². The Labute approximate surface area is 113 Å². The van der Waals surface area contributed by atoms with Crippen molar-refractivity contribution in [2.75, 3.05) is 0 Å². The molecule has 1 heterocycles. The predicted octanol–water partition coefficient (Wildman–Crippen LogP) is 2.32. The molecule has 0 bridgehead atoms. The van der Waals surface area contributed by atoms with Gasteiger partial charge in [-0.1, -0.05) is 24.3 Å². The molecule has 3 rings (SSSR count). The van der Waals surface area contributed by atoms with Crippen LogP contribution < -0.4 is 11.3 Å². The van der Waals surface area contributed by atoms with Crippen LogP contribution in [0.1, 0.15) is 34.8 Å². The van der Waals surface area contributed by atoms with Crippen LogP contribution in [0.3, 0.4) is 0 Å². The normalized spacial score (nSPS) is 15.2. The van der Waals surface area contributed by atoms with Crippen LogP contribution in [0.25, 0.3) is 0 Å². The summed E-state index contributed by atoms with van der Waals surface area (Å²) in [6, 6.07) is 12.9. The molecule has 1 aliphatic carbocycles. The molecule has 0 saturated carbocycles. The Morgan fingerprint density at radius 3 is 2.84 bits per heavy atom. The quantitative estimate of drug-likeness (QED) is 0.649. The Morgan fingerprint density at radius 1 is 1.16 bits per heavy atom. The Hall–Kier alpha value is -1.71. The van der Waals surface area contributed by atoms with Crippen molar-refractivity contribution in [2.45, 2.75) is 31.7 Å². The van der Waals surface area contributed by atoms with Crippen molar-refractivity contribution in [1.29, 1.82) is 0 Å². The summed E-state index contributed by atoms with van der Waals surface area (Å²) in [4.78, 5) is 4.37. The van der Waals surface area contributed by atoms with Crippen molar-refractivity contribution >= 4 is 0 Å². The minimum absolute atomic E-state index is 0.126. The number of hydrogen-bond donors (Lipinski definition) is 2. The second-order valence-corrected chi connectivity index (χ2v) is 5.13. The molecule has 1 aromatic heterocycles. The van der Waals surface area contributed by atoms with Crippen LogP contribution in [-0.2, 0) is 19.3 Å². The molecular weight excluding hydrogens is 234 g/mol. The molecule has 3 nitrogen and oxygen atoms in total. The Morgan fingerprint density at radius 2 is 2.05 bits per heavy atom. The largest absolute Gasteiger partial charge is 0.271 e. The highest BCUT2D eigenvalue weighted by Gasteiger charge is 2.16. The average molecular weight is 253 g/mol. The number of hydrazine groups is 1. The third-order valence-electron chi connectivity index (χ3n) is 3.87. The van der Waals surface area contributed by atoms with Crippen LogP contribution in [0.2, 0.25) is 0 Å². The molecule has 2 aromatic rings. The molecule has 3 heteroatoms. The van der Waals surface area contributed by atoms with Gasteiger partial charge < -0.3 is 0 Å². The SMILES string of the molecule is NNC(Cc1ccccn1)c1ccc2c(c1)CCC2. The van der Waals surface area contributed by atoms with E-state index in [4.69, 9.17) is 5.84 Å². The highest BCUT2D eigenvalue weighted by molar-refractivity contribution is 5.36. The first kappa shape index (κ1) is 12.3. The number of nitrogens with zero attached hydrogens (tertiary/aromatic N) is 1. The van der Waals surface area contributed by atoms with Crippen LogP contribution in [0, 0.1) is 0 Å². The van der Waals surface area contributed by atoms with Gasteiger partial charge in [0.05, 0.1) is 6.04 Å². The summed E-state index contributed by atoms with van der Waals surface area (Å²) in [6.45, 7) is 0. The fourth-order valence-electron chi connectivity index (χ4n) is 2.81. The highest BCUT2D eigenvalue weighted by atomic mass is 15.2. The number of nitrogens with two attached hydrogens (primary N) is 1. The maximum Gasteiger partial charge on any atom is 0.0515 e.